The van der Waals surface area contributed by atoms with Gasteiger partial charge in [-0.1, -0.05) is 12.1 Å². The van der Waals surface area contributed by atoms with Crippen LogP contribution in [0.15, 0.2) is 33.9 Å². The van der Waals surface area contributed by atoms with Gasteiger partial charge >= 0.3 is 6.09 Å². The molecule has 164 valence electrons. The molecule has 2 aliphatic heterocycles. The topological polar surface area (TPSA) is 118 Å². The summed E-state index contributed by atoms with van der Waals surface area (Å²) < 4.78 is 6.26. The number of benzene rings is 1. The number of fused-ring (bicyclic) bond motifs is 1. The van der Waals surface area contributed by atoms with Crippen molar-refractivity contribution in [3.05, 3.63) is 45.6 Å². The number of aromatic amines is 1. The molecule has 9 heteroatoms. The number of likely N-dealkylation sites (tertiary alicyclic amines) is 1. The highest BCUT2D eigenvalue weighted by Gasteiger charge is 2.44. The van der Waals surface area contributed by atoms with Gasteiger partial charge in [-0.3, -0.25) is 10.00 Å². The van der Waals surface area contributed by atoms with E-state index in [1.807, 2.05) is 26.8 Å². The molecule has 32 heavy (non-hydrogen) atoms. The largest absolute Gasteiger partial charge is 0.444 e. The van der Waals surface area contributed by atoms with E-state index in [0.29, 0.717) is 34.5 Å². The maximum atomic E-state index is 12.9. The van der Waals surface area contributed by atoms with Gasteiger partial charge in [0.05, 0.1) is 35.5 Å². The van der Waals surface area contributed by atoms with E-state index in [1.54, 1.807) is 23.2 Å². The number of nitriles is 2. The van der Waals surface area contributed by atoms with Crippen molar-refractivity contribution in [2.24, 2.45) is 10.9 Å². The summed E-state index contributed by atoms with van der Waals surface area (Å²) in [4.78, 5) is 19.3. The smallest absolute Gasteiger partial charge is 0.410 e. The summed E-state index contributed by atoms with van der Waals surface area (Å²) in [6, 6.07) is 9.70. The number of amides is 1. The van der Waals surface area contributed by atoms with Crippen molar-refractivity contribution in [1.82, 2.24) is 15.1 Å². The second-order valence-corrected chi connectivity index (χ2v) is 9.74. The van der Waals surface area contributed by atoms with Crippen LogP contribution in [0, 0.1) is 28.6 Å². The van der Waals surface area contributed by atoms with E-state index in [0.717, 1.165) is 17.5 Å². The molecule has 2 aliphatic rings. The third-order valence-corrected chi connectivity index (χ3v) is 6.61. The molecule has 8 nitrogen and oxygen atoms in total. The van der Waals surface area contributed by atoms with Crippen molar-refractivity contribution in [3.63, 3.8) is 0 Å². The summed E-state index contributed by atoms with van der Waals surface area (Å²) in [5, 5.41) is 26.8. The fourth-order valence-corrected chi connectivity index (χ4v) is 5.01. The van der Waals surface area contributed by atoms with Crippen molar-refractivity contribution < 1.29 is 9.53 Å². The van der Waals surface area contributed by atoms with Crippen LogP contribution in [-0.4, -0.2) is 45.1 Å². The van der Waals surface area contributed by atoms with Crippen LogP contribution in [0.4, 0.5) is 10.6 Å². The highest BCUT2D eigenvalue weighted by atomic mass is 79.9. The Morgan fingerprint density at radius 1 is 1.31 bits per heavy atom. The second-order valence-electron chi connectivity index (χ2n) is 8.95. The van der Waals surface area contributed by atoms with Gasteiger partial charge in [-0.25, -0.2) is 9.79 Å². The molecule has 0 radical (unpaired) electrons. The summed E-state index contributed by atoms with van der Waals surface area (Å²) in [5.41, 5.74) is 2.09. The van der Waals surface area contributed by atoms with E-state index in [1.165, 1.54) is 0 Å². The highest BCUT2D eigenvalue weighted by Crippen LogP contribution is 2.45. The first-order valence-electron chi connectivity index (χ1n) is 10.4. The molecule has 2 aromatic rings. The minimum absolute atomic E-state index is 0.341. The Hall–Kier alpha value is -3.17. The van der Waals surface area contributed by atoms with E-state index in [9.17, 15) is 15.3 Å². The third-order valence-electron chi connectivity index (χ3n) is 5.72. The number of carbonyl (C=O) groups is 1. The molecule has 1 saturated heterocycles. The Morgan fingerprint density at radius 2 is 2.09 bits per heavy atom. The summed E-state index contributed by atoms with van der Waals surface area (Å²) >= 11 is 3.56. The van der Waals surface area contributed by atoms with Gasteiger partial charge < -0.3 is 4.74 Å². The molecule has 0 bridgehead atoms. The van der Waals surface area contributed by atoms with E-state index in [2.05, 4.69) is 38.3 Å². The third kappa shape index (κ3) is 3.89. The first-order valence-corrected chi connectivity index (χ1v) is 11.2. The van der Waals surface area contributed by atoms with Crippen molar-refractivity contribution in [1.29, 1.82) is 10.5 Å². The van der Waals surface area contributed by atoms with Crippen molar-refractivity contribution in [2.45, 2.75) is 51.2 Å². The summed E-state index contributed by atoms with van der Waals surface area (Å²) in [5.74, 6) is -0.440. The molecule has 1 amide bonds. The molecule has 0 saturated carbocycles. The number of aromatic nitrogens is 2. The van der Waals surface area contributed by atoms with E-state index in [4.69, 9.17) is 9.73 Å². The minimum atomic E-state index is -0.627. The Balaban J connectivity index is 1.79. The van der Waals surface area contributed by atoms with E-state index in [-0.39, 0.29) is 12.0 Å². The number of hydrogen-bond acceptors (Lipinski definition) is 6. The van der Waals surface area contributed by atoms with Gasteiger partial charge in [0, 0.05) is 22.5 Å². The van der Waals surface area contributed by atoms with Crippen LogP contribution in [0.25, 0.3) is 0 Å². The lowest BCUT2D eigenvalue weighted by Crippen LogP contribution is -2.46. The van der Waals surface area contributed by atoms with Crippen LogP contribution >= 0.6 is 15.9 Å². The van der Waals surface area contributed by atoms with Crippen LogP contribution in [-0.2, 0) is 4.74 Å². The summed E-state index contributed by atoms with van der Waals surface area (Å²) in [6.07, 6.45) is 2.77. The molecule has 3 atom stereocenters. The fraction of sp³-hybridized carbons (Fsp3) is 0.435. The quantitative estimate of drug-likeness (QED) is 0.642. The standard InChI is InChI=1S/C23H23BrN6O2/c1-23(2,3)32-22(31)30-9-5-8-17(30)20-15(11-26)18(16-12-27-29-21(16)28-20)14-7-4-6-13(10-25)19(14)24/h4,6-7,12,15,17-18H,5,8-9H2,1-3H3,(H,27,29). The van der Waals surface area contributed by atoms with E-state index < -0.39 is 17.6 Å². The molecule has 3 heterocycles. The van der Waals surface area contributed by atoms with Gasteiger partial charge in [0.1, 0.15) is 11.7 Å². The first kappa shape index (κ1) is 22.0. The lowest BCUT2D eigenvalue weighted by Gasteiger charge is -2.34. The maximum absolute atomic E-state index is 12.9. The highest BCUT2D eigenvalue weighted by molar-refractivity contribution is 9.10. The number of nitrogens with one attached hydrogen (secondary N) is 1. The number of rotatable bonds is 2. The zero-order chi connectivity index (χ0) is 23.0. The molecule has 1 fully saturated rings. The molecule has 1 aromatic heterocycles. The second kappa shape index (κ2) is 8.40. The van der Waals surface area contributed by atoms with Crippen LogP contribution in [0.5, 0.6) is 0 Å². The van der Waals surface area contributed by atoms with Gasteiger partial charge in [-0.15, -0.1) is 0 Å². The zero-order valence-corrected chi connectivity index (χ0v) is 19.7. The summed E-state index contributed by atoms with van der Waals surface area (Å²) in [7, 11) is 0. The maximum Gasteiger partial charge on any atom is 0.410 e. The Bertz CT molecular complexity index is 1170. The lowest BCUT2D eigenvalue weighted by atomic mass is 9.75. The molecule has 0 aliphatic carbocycles. The van der Waals surface area contributed by atoms with Crippen molar-refractivity contribution in [3.8, 4) is 12.1 Å². The zero-order valence-electron chi connectivity index (χ0n) is 18.1. The van der Waals surface area contributed by atoms with Crippen LogP contribution in [0.3, 0.4) is 0 Å². The number of nitrogens with zero attached hydrogens (tertiary/aromatic N) is 5. The number of aliphatic imine (C=N–C) groups is 1. The predicted molar refractivity (Wildman–Crippen MR) is 121 cm³/mol. The average Bonchev–Trinajstić information content (AvgIpc) is 3.40. The van der Waals surface area contributed by atoms with Gasteiger partial charge in [0.2, 0.25) is 0 Å². The monoisotopic (exact) mass is 494 g/mol. The minimum Gasteiger partial charge on any atom is -0.444 e. The average molecular weight is 495 g/mol. The molecular formula is C23H23BrN6O2. The molecule has 3 unspecified atom stereocenters. The number of halogens is 1. The lowest BCUT2D eigenvalue weighted by molar-refractivity contribution is 0.0264. The SMILES string of the molecule is CC(C)(C)OC(=O)N1CCCC1C1=Nc2[nH]ncc2C(c2cccc(C#N)c2Br)C1C#N. The summed E-state index contributed by atoms with van der Waals surface area (Å²) in [6.45, 7) is 6.04. The molecule has 0 spiro atoms. The van der Waals surface area contributed by atoms with Gasteiger partial charge in [-0.2, -0.15) is 15.6 Å². The fourth-order valence-electron chi connectivity index (χ4n) is 4.41. The number of H-pyrrole nitrogens is 1. The normalized spacial score (nSPS) is 22.5. The number of hydrogen-bond donors (Lipinski definition) is 1. The molecule has 4 rings (SSSR count). The van der Waals surface area contributed by atoms with Crippen LogP contribution < -0.4 is 0 Å². The van der Waals surface area contributed by atoms with Crippen molar-refractivity contribution >= 4 is 33.6 Å². The Morgan fingerprint density at radius 3 is 2.78 bits per heavy atom. The van der Waals surface area contributed by atoms with Crippen LogP contribution in [0.1, 0.15) is 56.2 Å². The molecule has 1 aromatic carbocycles. The molecular weight excluding hydrogens is 472 g/mol. The first-order chi connectivity index (χ1) is 15.2. The van der Waals surface area contributed by atoms with Crippen LogP contribution in [0.2, 0.25) is 0 Å². The van der Waals surface area contributed by atoms with E-state index >= 15 is 0 Å². The van der Waals surface area contributed by atoms with Gasteiger partial charge in [0.25, 0.3) is 0 Å². The Labute approximate surface area is 195 Å². The Kier molecular flexibility index (Phi) is 5.79. The predicted octanol–water partition coefficient (Wildman–Crippen LogP) is 4.80. The van der Waals surface area contributed by atoms with Gasteiger partial charge in [-0.05, 0) is 61.2 Å². The number of ether oxygens (including phenoxy) is 1. The molecule has 1 N–H and O–H groups in total. The number of carbonyl (C=O) groups excluding carboxylic acids is 1. The van der Waals surface area contributed by atoms with Gasteiger partial charge in [0.15, 0.2) is 5.82 Å². The van der Waals surface area contributed by atoms with Crippen molar-refractivity contribution in [2.75, 3.05) is 6.54 Å².